The summed E-state index contributed by atoms with van der Waals surface area (Å²) in [6.07, 6.45) is 0. The minimum Gasteiger partial charge on any atom is -0.454 e. The van der Waals surface area contributed by atoms with Gasteiger partial charge in [-0.1, -0.05) is 24.3 Å². The highest BCUT2D eigenvalue weighted by atomic mass is 31.1. The van der Waals surface area contributed by atoms with E-state index in [1.807, 2.05) is 62.4 Å². The van der Waals surface area contributed by atoms with Crippen molar-refractivity contribution in [3.63, 3.8) is 0 Å². The lowest BCUT2D eigenvalue weighted by molar-refractivity contribution is 0.626. The monoisotopic (exact) mass is 291 g/mol. The van der Waals surface area contributed by atoms with Gasteiger partial charge in [-0.25, -0.2) is 0 Å². The first-order valence-electron chi connectivity index (χ1n) is 5.86. The summed E-state index contributed by atoms with van der Waals surface area (Å²) in [6, 6.07) is 15.8. The molecule has 1 unspecified atom stereocenters. The van der Waals surface area contributed by atoms with E-state index in [4.69, 9.17) is 9.05 Å². The Morgan fingerprint density at radius 2 is 1.58 bits per heavy atom. The fourth-order valence-electron chi connectivity index (χ4n) is 1.51. The van der Waals surface area contributed by atoms with Crippen LogP contribution in [0.1, 0.15) is 11.1 Å². The maximum absolute atomic E-state index is 5.52. The van der Waals surface area contributed by atoms with Crippen LogP contribution in [0.4, 0.5) is 0 Å². The van der Waals surface area contributed by atoms with Gasteiger partial charge in [-0.2, -0.15) is 4.52 Å². The Hall–Kier alpha value is -1.43. The van der Waals surface area contributed by atoms with Crippen molar-refractivity contribution in [2.45, 2.75) is 13.8 Å². The summed E-state index contributed by atoms with van der Waals surface area (Å²) in [7, 11) is 0.602. The second-order valence-corrected chi connectivity index (χ2v) is 5.63. The van der Waals surface area contributed by atoms with E-state index >= 15 is 0 Å². The first kappa shape index (κ1) is 14.0. The van der Waals surface area contributed by atoms with Gasteiger partial charge in [0.05, 0.1) is 0 Å². The van der Waals surface area contributed by atoms with Gasteiger partial charge >= 0.3 is 0 Å². The van der Waals surface area contributed by atoms with E-state index in [0.29, 0.717) is 8.60 Å². The van der Waals surface area contributed by atoms with Crippen molar-refractivity contribution in [1.29, 1.82) is 0 Å². The fraction of sp³-hybridized carbons (Fsp3) is 0.143. The van der Waals surface area contributed by atoms with E-state index in [0.717, 1.165) is 11.5 Å². The van der Waals surface area contributed by atoms with Crippen LogP contribution in [0.5, 0.6) is 11.5 Å². The van der Waals surface area contributed by atoms with Crippen molar-refractivity contribution >= 4 is 17.6 Å². The van der Waals surface area contributed by atoms with Crippen molar-refractivity contribution in [2.75, 3.05) is 0 Å². The fourth-order valence-corrected chi connectivity index (χ4v) is 2.41. The zero-order valence-corrected chi connectivity index (χ0v) is 12.7. The minimum absolute atomic E-state index is 0.0426. The Bertz CT molecular complexity index is 573. The molecule has 5 heteroatoms. The number of hydrogen-bond acceptors (Lipinski definition) is 3. The SMILES string of the molecule is Cc1cccc(OP=NPOc2cccc(C)c2)c1. The standard InChI is InChI=1S/C14H15NO2P2/c1-11-5-3-7-13(9-11)16-18-15-19-17-14-8-4-6-12(2)10-14/h3-10,18H,1-2H3. The molecule has 0 aliphatic carbocycles. The lowest BCUT2D eigenvalue weighted by Crippen LogP contribution is -1.78. The van der Waals surface area contributed by atoms with Crippen molar-refractivity contribution in [2.24, 2.45) is 4.52 Å². The average molecular weight is 291 g/mol. The van der Waals surface area contributed by atoms with E-state index in [2.05, 4.69) is 4.52 Å². The van der Waals surface area contributed by atoms with Gasteiger partial charge in [0.15, 0.2) is 0 Å². The van der Waals surface area contributed by atoms with Gasteiger partial charge in [0.2, 0.25) is 17.6 Å². The topological polar surface area (TPSA) is 30.8 Å². The molecule has 0 aliphatic rings. The van der Waals surface area contributed by atoms with Gasteiger partial charge in [0, 0.05) is 0 Å². The van der Waals surface area contributed by atoms with Crippen LogP contribution in [0.25, 0.3) is 0 Å². The quantitative estimate of drug-likeness (QED) is 0.698. The normalized spacial score (nSPS) is 11.3. The summed E-state index contributed by atoms with van der Waals surface area (Å²) in [5, 5.41) is 0. The number of benzene rings is 2. The van der Waals surface area contributed by atoms with Crippen LogP contribution in [0.2, 0.25) is 0 Å². The number of nitrogens with zero attached hydrogens (tertiary/aromatic N) is 1. The third-order valence-corrected chi connectivity index (χ3v) is 3.64. The molecule has 0 heterocycles. The van der Waals surface area contributed by atoms with Gasteiger partial charge < -0.3 is 9.05 Å². The Morgan fingerprint density at radius 1 is 0.947 bits per heavy atom. The molecular weight excluding hydrogens is 276 g/mol. The van der Waals surface area contributed by atoms with E-state index in [1.165, 1.54) is 11.1 Å². The van der Waals surface area contributed by atoms with Crippen LogP contribution in [-0.2, 0) is 0 Å². The second-order valence-electron chi connectivity index (χ2n) is 4.10. The molecule has 19 heavy (non-hydrogen) atoms. The first-order chi connectivity index (χ1) is 9.24. The summed E-state index contributed by atoms with van der Waals surface area (Å²) >= 11 is 0. The molecule has 0 amide bonds. The Kier molecular flexibility index (Phi) is 5.32. The Balaban J connectivity index is 1.78. The predicted octanol–water partition coefficient (Wildman–Crippen LogP) is 5.31. The number of rotatable bonds is 5. The molecule has 0 spiro atoms. The molecule has 2 aromatic carbocycles. The summed E-state index contributed by atoms with van der Waals surface area (Å²) < 4.78 is 15.2. The van der Waals surface area contributed by atoms with Crippen molar-refractivity contribution in [3.8, 4) is 11.5 Å². The molecule has 0 bridgehead atoms. The molecule has 0 saturated heterocycles. The molecule has 1 atom stereocenters. The number of hydrogen-bond donors (Lipinski definition) is 0. The molecule has 0 aromatic heterocycles. The van der Waals surface area contributed by atoms with Crippen LogP contribution in [0.3, 0.4) is 0 Å². The highest BCUT2D eigenvalue weighted by Gasteiger charge is 1.94. The van der Waals surface area contributed by atoms with Crippen molar-refractivity contribution < 1.29 is 9.05 Å². The van der Waals surface area contributed by atoms with Crippen molar-refractivity contribution in [3.05, 3.63) is 59.7 Å². The molecule has 3 nitrogen and oxygen atoms in total. The van der Waals surface area contributed by atoms with Crippen LogP contribution in [-0.4, -0.2) is 0 Å². The molecule has 0 fully saturated rings. The molecule has 0 radical (unpaired) electrons. The summed E-state index contributed by atoms with van der Waals surface area (Å²) in [5.41, 5.74) is 2.35. The Morgan fingerprint density at radius 3 is 2.26 bits per heavy atom. The van der Waals surface area contributed by atoms with Gasteiger partial charge in [0.25, 0.3) is 0 Å². The van der Waals surface area contributed by atoms with Gasteiger partial charge in [-0.3, -0.25) is 0 Å². The van der Waals surface area contributed by atoms with Gasteiger partial charge in [0.1, 0.15) is 11.5 Å². The van der Waals surface area contributed by atoms with Crippen LogP contribution in [0.15, 0.2) is 53.0 Å². The first-order valence-corrected chi connectivity index (χ1v) is 7.48. The maximum Gasteiger partial charge on any atom is 0.249 e. The van der Waals surface area contributed by atoms with E-state index in [1.54, 1.807) is 0 Å². The minimum atomic E-state index is 0.0426. The maximum atomic E-state index is 5.52. The molecule has 0 N–H and O–H groups in total. The average Bonchev–Trinajstić information content (AvgIpc) is 2.38. The smallest absolute Gasteiger partial charge is 0.249 e. The largest absolute Gasteiger partial charge is 0.454 e. The van der Waals surface area contributed by atoms with Gasteiger partial charge in [-0.15, -0.1) is 0 Å². The highest BCUT2D eigenvalue weighted by molar-refractivity contribution is 7.39. The van der Waals surface area contributed by atoms with E-state index in [9.17, 15) is 0 Å². The van der Waals surface area contributed by atoms with Crippen molar-refractivity contribution in [1.82, 2.24) is 0 Å². The zero-order valence-electron chi connectivity index (χ0n) is 10.8. The van der Waals surface area contributed by atoms with E-state index < -0.39 is 0 Å². The lowest BCUT2D eigenvalue weighted by atomic mass is 10.2. The van der Waals surface area contributed by atoms with Crippen LogP contribution in [0, 0.1) is 13.8 Å². The lowest BCUT2D eigenvalue weighted by Gasteiger charge is -2.02. The summed E-state index contributed by atoms with van der Waals surface area (Å²) in [4.78, 5) is 0. The molecular formula is C14H15NO2P2. The molecule has 0 saturated carbocycles. The van der Waals surface area contributed by atoms with Crippen LogP contribution >= 0.6 is 17.6 Å². The summed E-state index contributed by atoms with van der Waals surface area (Å²) in [5.74, 6) is 1.67. The predicted molar refractivity (Wildman–Crippen MR) is 81.3 cm³/mol. The molecule has 98 valence electrons. The van der Waals surface area contributed by atoms with Crippen LogP contribution < -0.4 is 9.05 Å². The molecule has 0 aliphatic heterocycles. The third kappa shape index (κ3) is 4.98. The Labute approximate surface area is 116 Å². The molecule has 2 aromatic rings. The summed E-state index contributed by atoms with van der Waals surface area (Å²) in [6.45, 7) is 4.07. The third-order valence-electron chi connectivity index (χ3n) is 2.37. The second kappa shape index (κ2) is 7.23. The van der Waals surface area contributed by atoms with Gasteiger partial charge in [-0.05, 0) is 49.2 Å². The molecule has 2 rings (SSSR count). The van der Waals surface area contributed by atoms with E-state index in [-0.39, 0.29) is 8.96 Å². The highest BCUT2D eigenvalue weighted by Crippen LogP contribution is 2.27. The zero-order chi connectivity index (χ0) is 13.5. The number of aryl methyl sites for hydroxylation is 2.